The summed E-state index contributed by atoms with van der Waals surface area (Å²) in [6.45, 7) is 17.4. The summed E-state index contributed by atoms with van der Waals surface area (Å²) in [5, 5.41) is 0. The smallest absolute Gasteiger partial charge is 0.159 e. The lowest BCUT2D eigenvalue weighted by Crippen LogP contribution is -2.40. The molecular weight excluding hydrogens is 384 g/mol. The molecule has 168 valence electrons. The van der Waals surface area contributed by atoms with Gasteiger partial charge in [0.15, 0.2) is 5.65 Å². The van der Waals surface area contributed by atoms with E-state index in [4.69, 9.17) is 4.98 Å². The average Bonchev–Trinajstić information content (AvgIpc) is 3.15. The fraction of sp³-hybridized carbons (Fsp3) is 0.520. The topological polar surface area (TPSA) is 40.4 Å². The Labute approximate surface area is 187 Å². The number of aryl methyl sites for hydroxylation is 1. The highest BCUT2D eigenvalue weighted by molar-refractivity contribution is 5.82. The first-order valence-electron chi connectivity index (χ1n) is 11.7. The number of imidazole rings is 1. The minimum atomic E-state index is 0.921. The van der Waals surface area contributed by atoms with E-state index >= 15 is 0 Å². The first-order valence-corrected chi connectivity index (χ1v) is 11.7. The first-order chi connectivity index (χ1) is 15.1. The molecule has 2 aromatic heterocycles. The zero-order valence-electron chi connectivity index (χ0n) is 19.9. The van der Waals surface area contributed by atoms with E-state index in [2.05, 4.69) is 83.3 Å². The van der Waals surface area contributed by atoms with Crippen LogP contribution in [-0.4, -0.2) is 76.7 Å². The highest BCUT2D eigenvalue weighted by atomic mass is 15.2. The normalized spacial score (nSPS) is 11.7. The maximum atomic E-state index is 4.93. The van der Waals surface area contributed by atoms with Crippen molar-refractivity contribution in [3.05, 3.63) is 42.6 Å². The molecule has 0 radical (unpaired) electrons. The maximum absolute atomic E-state index is 4.93. The lowest BCUT2D eigenvalue weighted by Gasteiger charge is -2.31. The minimum absolute atomic E-state index is 0.921. The van der Waals surface area contributed by atoms with Gasteiger partial charge in [-0.1, -0.05) is 39.8 Å². The largest absolute Gasteiger partial charge is 0.368 e. The molecule has 0 atom stereocenters. The van der Waals surface area contributed by atoms with Crippen LogP contribution in [0.3, 0.4) is 0 Å². The van der Waals surface area contributed by atoms with Gasteiger partial charge in [0.2, 0.25) is 0 Å². The molecule has 3 rings (SSSR count). The number of likely N-dealkylation sites (N-methyl/N-ethyl adjacent to an activating group) is 2. The van der Waals surface area contributed by atoms with Crippen LogP contribution in [0.4, 0.5) is 5.69 Å². The van der Waals surface area contributed by atoms with E-state index in [1.807, 2.05) is 18.3 Å². The molecule has 1 aromatic carbocycles. The Hall–Kier alpha value is -2.44. The summed E-state index contributed by atoms with van der Waals surface area (Å²) in [5.41, 5.74) is 4.28. The van der Waals surface area contributed by atoms with Gasteiger partial charge in [-0.3, -0.25) is 0 Å². The van der Waals surface area contributed by atoms with Crippen LogP contribution >= 0.6 is 0 Å². The number of para-hydroxylation sites is 1. The van der Waals surface area contributed by atoms with E-state index in [-0.39, 0.29) is 0 Å². The van der Waals surface area contributed by atoms with E-state index < -0.39 is 0 Å². The number of hydrogen-bond donors (Lipinski definition) is 0. The molecule has 6 nitrogen and oxygen atoms in total. The summed E-state index contributed by atoms with van der Waals surface area (Å²) < 4.78 is 2.11. The van der Waals surface area contributed by atoms with Gasteiger partial charge in [-0.05, 0) is 50.4 Å². The fourth-order valence-corrected chi connectivity index (χ4v) is 4.16. The molecule has 0 spiro atoms. The van der Waals surface area contributed by atoms with Crippen molar-refractivity contribution < 1.29 is 0 Å². The highest BCUT2D eigenvalue weighted by Crippen LogP contribution is 2.31. The molecule has 0 N–H and O–H groups in total. The van der Waals surface area contributed by atoms with Crippen molar-refractivity contribution in [2.24, 2.45) is 7.05 Å². The number of aromatic nitrogens is 3. The number of rotatable bonds is 12. The highest BCUT2D eigenvalue weighted by Gasteiger charge is 2.18. The van der Waals surface area contributed by atoms with Gasteiger partial charge in [-0.15, -0.1) is 0 Å². The van der Waals surface area contributed by atoms with Gasteiger partial charge < -0.3 is 19.3 Å². The van der Waals surface area contributed by atoms with Gasteiger partial charge in [0, 0.05) is 50.7 Å². The maximum Gasteiger partial charge on any atom is 0.159 e. The summed E-state index contributed by atoms with van der Waals surface area (Å²) in [6, 6.07) is 12.7. The third kappa shape index (κ3) is 5.43. The molecule has 0 aliphatic carbocycles. The molecule has 2 heterocycles. The van der Waals surface area contributed by atoms with Crippen LogP contribution in [0.5, 0.6) is 0 Å². The Morgan fingerprint density at radius 1 is 0.774 bits per heavy atom. The number of fused-ring (bicyclic) bond motifs is 1. The van der Waals surface area contributed by atoms with Gasteiger partial charge in [0.1, 0.15) is 11.3 Å². The second-order valence-corrected chi connectivity index (χ2v) is 7.90. The van der Waals surface area contributed by atoms with Gasteiger partial charge in [-0.25, -0.2) is 9.97 Å². The standard InChI is InChI=1S/C25H38N6/c1-6-29(7-2)17-19-31(20-18-30(8-3)9-4)23-15-11-10-13-21(23)24-27-22-14-12-16-26-25(22)28(24)5/h10-16H,6-9,17-20H2,1-5H3. The minimum Gasteiger partial charge on any atom is -0.368 e. The monoisotopic (exact) mass is 422 g/mol. The van der Waals surface area contributed by atoms with Crippen molar-refractivity contribution in [3.63, 3.8) is 0 Å². The van der Waals surface area contributed by atoms with Crippen LogP contribution in [0.2, 0.25) is 0 Å². The third-order valence-corrected chi connectivity index (χ3v) is 6.27. The molecule has 0 aliphatic rings. The van der Waals surface area contributed by atoms with E-state index in [0.29, 0.717) is 0 Å². The molecule has 0 saturated heterocycles. The van der Waals surface area contributed by atoms with Crippen LogP contribution in [-0.2, 0) is 7.05 Å². The molecule has 0 unspecified atom stereocenters. The number of nitrogens with zero attached hydrogens (tertiary/aromatic N) is 6. The van der Waals surface area contributed by atoms with E-state index in [1.54, 1.807) is 0 Å². The average molecular weight is 423 g/mol. The molecule has 6 heteroatoms. The predicted octanol–water partition coefficient (Wildman–Crippen LogP) is 4.13. The van der Waals surface area contributed by atoms with E-state index in [1.165, 1.54) is 11.3 Å². The Kier molecular flexibility index (Phi) is 8.43. The number of benzene rings is 1. The summed E-state index contributed by atoms with van der Waals surface area (Å²) in [7, 11) is 2.06. The quantitative estimate of drug-likeness (QED) is 0.439. The molecule has 0 amide bonds. The van der Waals surface area contributed by atoms with Crippen LogP contribution in [0, 0.1) is 0 Å². The fourth-order valence-electron chi connectivity index (χ4n) is 4.16. The second-order valence-electron chi connectivity index (χ2n) is 7.90. The van der Waals surface area contributed by atoms with E-state index in [0.717, 1.165) is 69.3 Å². The van der Waals surface area contributed by atoms with Crippen LogP contribution in [0.25, 0.3) is 22.6 Å². The van der Waals surface area contributed by atoms with Crippen molar-refractivity contribution in [2.75, 3.05) is 57.3 Å². The van der Waals surface area contributed by atoms with Crippen molar-refractivity contribution in [3.8, 4) is 11.4 Å². The number of pyridine rings is 1. The molecule has 0 fully saturated rings. The van der Waals surface area contributed by atoms with Gasteiger partial charge in [-0.2, -0.15) is 0 Å². The molecule has 31 heavy (non-hydrogen) atoms. The van der Waals surface area contributed by atoms with Crippen molar-refractivity contribution in [2.45, 2.75) is 27.7 Å². The van der Waals surface area contributed by atoms with Crippen molar-refractivity contribution in [1.82, 2.24) is 24.3 Å². The Balaban J connectivity index is 1.96. The van der Waals surface area contributed by atoms with Crippen molar-refractivity contribution >= 4 is 16.9 Å². The summed E-state index contributed by atoms with van der Waals surface area (Å²) in [6.07, 6.45) is 1.83. The molecular formula is C25H38N6. The summed E-state index contributed by atoms with van der Waals surface area (Å²) in [5.74, 6) is 0.972. The van der Waals surface area contributed by atoms with Crippen molar-refractivity contribution in [1.29, 1.82) is 0 Å². The van der Waals surface area contributed by atoms with Gasteiger partial charge >= 0.3 is 0 Å². The number of hydrogen-bond acceptors (Lipinski definition) is 5. The Morgan fingerprint density at radius 2 is 1.39 bits per heavy atom. The number of anilines is 1. The Bertz CT molecular complexity index is 926. The molecule has 3 aromatic rings. The van der Waals surface area contributed by atoms with Crippen LogP contribution in [0.15, 0.2) is 42.6 Å². The predicted molar refractivity (Wildman–Crippen MR) is 132 cm³/mol. The zero-order chi connectivity index (χ0) is 22.2. The molecule has 0 bridgehead atoms. The first kappa shape index (κ1) is 23.2. The SMILES string of the molecule is CCN(CC)CCN(CCN(CC)CC)c1ccccc1-c1nc2cccnc2n1C. The lowest BCUT2D eigenvalue weighted by molar-refractivity contribution is 0.294. The van der Waals surface area contributed by atoms with E-state index in [9.17, 15) is 0 Å². The summed E-state index contributed by atoms with van der Waals surface area (Å²) in [4.78, 5) is 17.0. The Morgan fingerprint density at radius 3 is 1.97 bits per heavy atom. The lowest BCUT2D eigenvalue weighted by atomic mass is 10.1. The molecule has 0 saturated carbocycles. The molecule has 0 aliphatic heterocycles. The third-order valence-electron chi connectivity index (χ3n) is 6.27. The second kappa shape index (κ2) is 11.3. The summed E-state index contributed by atoms with van der Waals surface area (Å²) >= 11 is 0. The van der Waals surface area contributed by atoms with Crippen LogP contribution < -0.4 is 4.90 Å². The van der Waals surface area contributed by atoms with Gasteiger partial charge in [0.25, 0.3) is 0 Å². The van der Waals surface area contributed by atoms with Gasteiger partial charge in [0.05, 0.1) is 0 Å². The zero-order valence-corrected chi connectivity index (χ0v) is 19.9. The van der Waals surface area contributed by atoms with Crippen LogP contribution in [0.1, 0.15) is 27.7 Å².